The van der Waals surface area contributed by atoms with Crippen molar-refractivity contribution >= 4 is 27.5 Å². The number of sulfonamides is 1. The molecule has 9 heteroatoms. The van der Waals surface area contributed by atoms with E-state index in [0.29, 0.717) is 38.5 Å². The molecule has 168 valence electrons. The Bertz CT molecular complexity index is 821. The number of rotatable bonds is 7. The summed E-state index contributed by atoms with van der Waals surface area (Å²) in [7, 11) is 0.322. The number of aromatic nitrogens is 1. The summed E-state index contributed by atoms with van der Waals surface area (Å²) < 4.78 is 27.1. The van der Waals surface area contributed by atoms with Crippen LogP contribution < -0.4 is 0 Å². The molecule has 0 aromatic carbocycles. The average Bonchev–Trinajstić information content (AvgIpc) is 2.77. The Morgan fingerprint density at radius 3 is 2.43 bits per heavy atom. The molecule has 0 spiro atoms. The van der Waals surface area contributed by atoms with Crippen molar-refractivity contribution in [1.82, 2.24) is 19.1 Å². The highest BCUT2D eigenvalue weighted by Crippen LogP contribution is 2.28. The molecule has 7 nitrogen and oxygen atoms in total. The van der Waals surface area contributed by atoms with Crippen molar-refractivity contribution in [1.29, 1.82) is 0 Å². The van der Waals surface area contributed by atoms with Crippen LogP contribution in [0.3, 0.4) is 0 Å². The molecule has 1 aromatic rings. The van der Waals surface area contributed by atoms with Gasteiger partial charge in [0.25, 0.3) is 0 Å². The van der Waals surface area contributed by atoms with E-state index in [1.165, 1.54) is 48.7 Å². The molecule has 2 aliphatic rings. The van der Waals surface area contributed by atoms with E-state index in [2.05, 4.69) is 16.9 Å². The Balaban J connectivity index is 1.49. The first-order valence-corrected chi connectivity index (χ1v) is 12.7. The van der Waals surface area contributed by atoms with E-state index in [1.54, 1.807) is 6.07 Å². The van der Waals surface area contributed by atoms with Crippen LogP contribution in [-0.2, 0) is 14.8 Å². The van der Waals surface area contributed by atoms with Crippen LogP contribution in [0.25, 0.3) is 0 Å². The Morgan fingerprint density at radius 2 is 1.80 bits per heavy atom. The highest BCUT2D eigenvalue weighted by molar-refractivity contribution is 7.89. The zero-order valence-corrected chi connectivity index (χ0v) is 19.5. The number of pyridine rings is 1. The zero-order chi connectivity index (χ0) is 21.7. The SMILES string of the molecule is CN(CCN(C)C1CCCCC1)C(=O)C1CCN(S(=O)(=O)c2cccnc2Cl)CC1. The lowest BCUT2D eigenvalue weighted by molar-refractivity contribution is -0.135. The van der Waals surface area contributed by atoms with E-state index in [0.717, 1.165) is 6.54 Å². The maximum atomic E-state index is 12.9. The summed E-state index contributed by atoms with van der Waals surface area (Å²) in [6, 6.07) is 3.67. The second kappa shape index (κ2) is 10.4. The van der Waals surface area contributed by atoms with Gasteiger partial charge in [0, 0.05) is 51.4 Å². The first-order chi connectivity index (χ1) is 14.3. The fourth-order valence-electron chi connectivity index (χ4n) is 4.48. The van der Waals surface area contributed by atoms with E-state index >= 15 is 0 Å². The predicted molar refractivity (Wildman–Crippen MR) is 118 cm³/mol. The van der Waals surface area contributed by atoms with Gasteiger partial charge in [-0.05, 0) is 44.9 Å². The summed E-state index contributed by atoms with van der Waals surface area (Å²) in [5.41, 5.74) is 0. The van der Waals surface area contributed by atoms with Gasteiger partial charge in [0.05, 0.1) is 0 Å². The Morgan fingerprint density at radius 1 is 1.13 bits per heavy atom. The topological polar surface area (TPSA) is 73.8 Å². The number of carbonyl (C=O) groups excluding carboxylic acids is 1. The van der Waals surface area contributed by atoms with E-state index in [4.69, 9.17) is 11.6 Å². The van der Waals surface area contributed by atoms with Gasteiger partial charge in [-0.3, -0.25) is 4.79 Å². The Kier molecular flexibility index (Phi) is 8.12. The molecular formula is C21H33ClN4O3S. The molecular weight excluding hydrogens is 424 g/mol. The number of hydrogen-bond donors (Lipinski definition) is 0. The average molecular weight is 457 g/mol. The van der Waals surface area contributed by atoms with Crippen molar-refractivity contribution in [3.05, 3.63) is 23.5 Å². The van der Waals surface area contributed by atoms with Crippen LogP contribution in [0.5, 0.6) is 0 Å². The Labute approximate surface area is 185 Å². The van der Waals surface area contributed by atoms with Crippen LogP contribution in [0.1, 0.15) is 44.9 Å². The van der Waals surface area contributed by atoms with E-state index in [9.17, 15) is 13.2 Å². The molecule has 1 aliphatic heterocycles. The number of amides is 1. The summed E-state index contributed by atoms with van der Waals surface area (Å²) in [6.45, 7) is 2.22. The zero-order valence-electron chi connectivity index (χ0n) is 18.0. The fraction of sp³-hybridized carbons (Fsp3) is 0.714. The lowest BCUT2D eigenvalue weighted by Crippen LogP contribution is -2.45. The van der Waals surface area contributed by atoms with E-state index in [-0.39, 0.29) is 21.9 Å². The maximum absolute atomic E-state index is 12.9. The van der Waals surface area contributed by atoms with Gasteiger partial charge in [-0.2, -0.15) is 4.31 Å². The molecule has 1 saturated carbocycles. The van der Waals surface area contributed by atoms with Gasteiger partial charge in [-0.25, -0.2) is 13.4 Å². The van der Waals surface area contributed by atoms with Crippen LogP contribution in [0.15, 0.2) is 23.2 Å². The smallest absolute Gasteiger partial charge is 0.246 e. The second-order valence-corrected chi connectivity index (χ2v) is 10.8. The van der Waals surface area contributed by atoms with Crippen molar-refractivity contribution in [3.63, 3.8) is 0 Å². The molecule has 30 heavy (non-hydrogen) atoms. The van der Waals surface area contributed by atoms with Crippen LogP contribution in [0, 0.1) is 5.92 Å². The molecule has 0 bridgehead atoms. The van der Waals surface area contributed by atoms with E-state index in [1.807, 2.05) is 11.9 Å². The maximum Gasteiger partial charge on any atom is 0.246 e. The van der Waals surface area contributed by atoms with Crippen LogP contribution in [0.4, 0.5) is 0 Å². The highest BCUT2D eigenvalue weighted by atomic mass is 35.5. The third-order valence-electron chi connectivity index (χ3n) is 6.51. The molecule has 2 fully saturated rings. The van der Waals surface area contributed by atoms with Crippen molar-refractivity contribution in [3.8, 4) is 0 Å². The summed E-state index contributed by atoms with van der Waals surface area (Å²) in [6.07, 6.45) is 8.96. The summed E-state index contributed by atoms with van der Waals surface area (Å²) >= 11 is 5.98. The molecule has 0 atom stereocenters. The molecule has 1 saturated heterocycles. The first kappa shape index (κ1) is 23.4. The number of likely N-dealkylation sites (N-methyl/N-ethyl adjacent to an activating group) is 2. The van der Waals surface area contributed by atoms with Crippen molar-refractivity contribution in [2.75, 3.05) is 40.3 Å². The minimum atomic E-state index is -3.69. The normalized spacial score (nSPS) is 19.9. The quantitative estimate of drug-likeness (QED) is 0.590. The second-order valence-electron chi connectivity index (χ2n) is 8.50. The lowest BCUT2D eigenvalue weighted by atomic mass is 9.94. The number of nitrogens with zero attached hydrogens (tertiary/aromatic N) is 4. The third-order valence-corrected chi connectivity index (χ3v) is 8.85. The standard InChI is InChI=1S/C21H33ClN4O3S/c1-24(18-7-4-3-5-8-18)15-16-25(2)21(27)17-10-13-26(14-11-17)30(28,29)19-9-6-12-23-20(19)22/h6,9,12,17-18H,3-5,7-8,10-11,13-16H2,1-2H3. The minimum Gasteiger partial charge on any atom is -0.344 e. The van der Waals surface area contributed by atoms with Crippen molar-refractivity contribution in [2.24, 2.45) is 5.92 Å². The van der Waals surface area contributed by atoms with Gasteiger partial charge in [-0.1, -0.05) is 30.9 Å². The van der Waals surface area contributed by atoms with Gasteiger partial charge >= 0.3 is 0 Å². The fourth-order valence-corrected chi connectivity index (χ4v) is 6.38. The molecule has 3 rings (SSSR count). The van der Waals surface area contributed by atoms with E-state index < -0.39 is 10.0 Å². The Hall–Kier alpha value is -1.22. The number of hydrogen-bond acceptors (Lipinski definition) is 5. The van der Waals surface area contributed by atoms with Gasteiger partial charge in [0.1, 0.15) is 10.0 Å². The predicted octanol–water partition coefficient (Wildman–Crippen LogP) is 2.86. The summed E-state index contributed by atoms with van der Waals surface area (Å²) in [4.78, 5) is 21.0. The number of carbonyl (C=O) groups is 1. The number of piperidine rings is 1. The van der Waals surface area contributed by atoms with Crippen molar-refractivity contribution in [2.45, 2.75) is 55.9 Å². The largest absolute Gasteiger partial charge is 0.344 e. The minimum absolute atomic E-state index is 0.0162. The molecule has 1 amide bonds. The molecule has 0 unspecified atom stereocenters. The van der Waals surface area contributed by atoms with Gasteiger partial charge in [0.2, 0.25) is 15.9 Å². The molecule has 2 heterocycles. The van der Waals surface area contributed by atoms with Crippen LogP contribution >= 0.6 is 11.6 Å². The van der Waals surface area contributed by atoms with Crippen LogP contribution in [0.2, 0.25) is 5.15 Å². The third kappa shape index (κ3) is 5.52. The molecule has 1 aliphatic carbocycles. The molecule has 1 aromatic heterocycles. The summed E-state index contributed by atoms with van der Waals surface area (Å²) in [5.74, 6) is -0.0192. The van der Waals surface area contributed by atoms with Gasteiger partial charge < -0.3 is 9.80 Å². The molecule has 0 radical (unpaired) electrons. The molecule has 0 N–H and O–H groups in total. The van der Waals surface area contributed by atoms with Gasteiger partial charge in [0.15, 0.2) is 0 Å². The first-order valence-electron chi connectivity index (χ1n) is 10.9. The van der Waals surface area contributed by atoms with Crippen molar-refractivity contribution < 1.29 is 13.2 Å². The lowest BCUT2D eigenvalue weighted by Gasteiger charge is -2.34. The van der Waals surface area contributed by atoms with Gasteiger partial charge in [-0.15, -0.1) is 0 Å². The summed E-state index contributed by atoms with van der Waals surface area (Å²) in [5, 5.41) is -0.0162. The van der Waals surface area contributed by atoms with Crippen LogP contribution in [-0.4, -0.2) is 79.7 Å². The monoisotopic (exact) mass is 456 g/mol. The number of halogens is 1. The highest BCUT2D eigenvalue weighted by Gasteiger charge is 2.34.